The molecule has 0 bridgehead atoms. The Balaban J connectivity index is 1.23. The van der Waals surface area contributed by atoms with E-state index >= 15 is 0 Å². The zero-order valence-corrected chi connectivity index (χ0v) is 25.6. The van der Waals surface area contributed by atoms with Crippen molar-refractivity contribution in [3.63, 3.8) is 0 Å². The van der Waals surface area contributed by atoms with Gasteiger partial charge in [0.15, 0.2) is 0 Å². The predicted molar refractivity (Wildman–Crippen MR) is 168 cm³/mol. The molecule has 2 N–H and O–H groups in total. The lowest BCUT2D eigenvalue weighted by Crippen LogP contribution is -2.36. The Kier molecular flexibility index (Phi) is 10.9. The molecule has 1 heterocycles. The molecule has 234 valence electrons. The molecule has 3 aromatic carbocycles. The highest BCUT2D eigenvalue weighted by atomic mass is 16.7. The van der Waals surface area contributed by atoms with Gasteiger partial charge in [-0.2, -0.15) is 0 Å². The molecule has 0 atom stereocenters. The number of ether oxygens (including phenoxy) is 3. The van der Waals surface area contributed by atoms with Crippen molar-refractivity contribution < 1.29 is 33.4 Å². The Bertz CT molecular complexity index is 1550. The first-order valence-electron chi connectivity index (χ1n) is 14.6. The third-order valence-corrected chi connectivity index (χ3v) is 7.10. The molecule has 0 aliphatic carbocycles. The number of likely N-dealkylation sites (tertiary alicyclic amines) is 1. The van der Waals surface area contributed by atoms with Gasteiger partial charge in [-0.1, -0.05) is 72.3 Å². The number of esters is 2. The maximum absolute atomic E-state index is 13.1. The zero-order chi connectivity index (χ0) is 32.4. The molecule has 10 nitrogen and oxygen atoms in total. The molecule has 1 aliphatic rings. The lowest BCUT2D eigenvalue weighted by Gasteiger charge is -2.28. The number of nitrogens with zero attached hydrogens (tertiary/aromatic N) is 1. The van der Waals surface area contributed by atoms with Crippen LogP contribution in [0.5, 0.6) is 0 Å². The molecule has 0 spiro atoms. The van der Waals surface area contributed by atoms with Gasteiger partial charge < -0.3 is 19.1 Å². The Morgan fingerprint density at radius 2 is 1.38 bits per heavy atom. The normalized spacial score (nSPS) is 13.0. The number of carbonyl (C=O) groups excluding carboxylic acids is 4. The fourth-order valence-corrected chi connectivity index (χ4v) is 4.46. The quantitative estimate of drug-likeness (QED) is 0.107. The van der Waals surface area contributed by atoms with Crippen molar-refractivity contribution in [1.82, 2.24) is 10.2 Å². The summed E-state index contributed by atoms with van der Waals surface area (Å²) in [5.41, 5.74) is 3.93. The number of rotatable bonds is 8. The van der Waals surface area contributed by atoms with Crippen molar-refractivity contribution in [2.24, 2.45) is 5.41 Å². The highest BCUT2D eigenvalue weighted by Crippen LogP contribution is 2.23. The third kappa shape index (κ3) is 9.62. The smallest absolute Gasteiger partial charge is 0.413 e. The van der Waals surface area contributed by atoms with Crippen LogP contribution in [0.2, 0.25) is 0 Å². The van der Waals surface area contributed by atoms with Crippen LogP contribution in [0.4, 0.5) is 4.79 Å². The van der Waals surface area contributed by atoms with E-state index in [1.165, 1.54) is 6.08 Å². The fourth-order valence-electron chi connectivity index (χ4n) is 4.46. The molecule has 2 amide bonds. The molecule has 1 aliphatic heterocycles. The highest BCUT2D eigenvalue weighted by Gasteiger charge is 2.24. The van der Waals surface area contributed by atoms with E-state index in [0.29, 0.717) is 37.1 Å². The van der Waals surface area contributed by atoms with Crippen molar-refractivity contribution in [2.45, 2.75) is 40.2 Å². The fraction of sp³-hybridized carbons (Fsp3) is 0.286. The van der Waals surface area contributed by atoms with Gasteiger partial charge in [-0.05, 0) is 62.4 Å². The Labute approximate surface area is 262 Å². The van der Waals surface area contributed by atoms with Gasteiger partial charge in [0.25, 0.3) is 5.91 Å². The predicted octanol–water partition coefficient (Wildman–Crippen LogP) is 5.86. The number of hydrogen-bond acceptors (Lipinski definition) is 8. The van der Waals surface area contributed by atoms with Gasteiger partial charge in [-0.3, -0.25) is 20.3 Å². The summed E-state index contributed by atoms with van der Waals surface area (Å²) in [5, 5.41) is 10.6. The number of piperidine rings is 1. The van der Waals surface area contributed by atoms with Crippen molar-refractivity contribution in [3.8, 4) is 11.1 Å². The summed E-state index contributed by atoms with van der Waals surface area (Å²) < 4.78 is 15.1. The number of benzene rings is 3. The van der Waals surface area contributed by atoms with Crippen LogP contribution >= 0.6 is 0 Å². The van der Waals surface area contributed by atoms with Crippen LogP contribution < -0.4 is 5.32 Å². The summed E-state index contributed by atoms with van der Waals surface area (Å²) >= 11 is 0. The van der Waals surface area contributed by atoms with E-state index in [-0.39, 0.29) is 18.3 Å². The molecule has 0 unspecified atom stereocenters. The number of amidine groups is 1. The van der Waals surface area contributed by atoms with Gasteiger partial charge in [0.05, 0.1) is 5.41 Å². The molecule has 0 aromatic heterocycles. The Hall–Kier alpha value is -5.25. The molecule has 1 fully saturated rings. The number of nitrogens with one attached hydrogen (secondary N) is 2. The first kappa shape index (κ1) is 32.7. The van der Waals surface area contributed by atoms with E-state index in [4.69, 9.17) is 19.6 Å². The van der Waals surface area contributed by atoms with Gasteiger partial charge in [-0.25, -0.2) is 9.59 Å². The molecule has 3 aromatic rings. The molecule has 45 heavy (non-hydrogen) atoms. The van der Waals surface area contributed by atoms with E-state index in [2.05, 4.69) is 5.32 Å². The third-order valence-electron chi connectivity index (χ3n) is 7.10. The topological polar surface area (TPSA) is 135 Å². The lowest BCUT2D eigenvalue weighted by molar-refractivity contribution is -0.170. The maximum Gasteiger partial charge on any atom is 0.413 e. The lowest BCUT2D eigenvalue weighted by atomic mass is 9.98. The second-order valence-electron chi connectivity index (χ2n) is 11.6. The highest BCUT2D eigenvalue weighted by molar-refractivity contribution is 6.04. The van der Waals surface area contributed by atoms with Crippen molar-refractivity contribution in [3.05, 3.63) is 107 Å². The number of amides is 2. The number of carbonyl (C=O) groups is 4. The first-order valence-corrected chi connectivity index (χ1v) is 14.6. The van der Waals surface area contributed by atoms with Crippen molar-refractivity contribution in [1.29, 1.82) is 5.41 Å². The maximum atomic E-state index is 13.1. The van der Waals surface area contributed by atoms with Crippen LogP contribution in [0, 0.1) is 10.8 Å². The van der Waals surface area contributed by atoms with Gasteiger partial charge in [0.2, 0.25) is 6.79 Å². The van der Waals surface area contributed by atoms with E-state index in [9.17, 15) is 19.2 Å². The standard InChI is InChI=1S/C35H37N3O7/c1-35(2,3)33(41)45-23-44-30(39)21-24-17-19-38(20-18-24)32(40)29-15-11-27(12-16-29)26-9-13-28(14-10-26)31(36)37-34(42)43-22-25-7-5-4-6-8-25/h4-16,21H,17-20,22-23H2,1-3H3,(H2,36,37,42). The molecular formula is C35H37N3O7. The molecule has 0 saturated carbocycles. The Morgan fingerprint density at radius 1 is 0.800 bits per heavy atom. The van der Waals surface area contributed by atoms with Gasteiger partial charge in [0, 0.05) is 30.3 Å². The van der Waals surface area contributed by atoms with Gasteiger partial charge in [-0.15, -0.1) is 0 Å². The molecular weight excluding hydrogens is 574 g/mol. The zero-order valence-electron chi connectivity index (χ0n) is 25.6. The molecule has 0 radical (unpaired) electrons. The number of alkyl carbamates (subject to hydrolysis) is 1. The van der Waals surface area contributed by atoms with Crippen LogP contribution in [0.15, 0.2) is 90.5 Å². The van der Waals surface area contributed by atoms with Gasteiger partial charge >= 0.3 is 18.0 Å². The second-order valence-corrected chi connectivity index (χ2v) is 11.6. The van der Waals surface area contributed by atoms with E-state index < -0.39 is 30.2 Å². The van der Waals surface area contributed by atoms with Crippen LogP contribution in [0.1, 0.15) is 55.1 Å². The van der Waals surface area contributed by atoms with Crippen molar-refractivity contribution >= 4 is 29.8 Å². The van der Waals surface area contributed by atoms with Gasteiger partial charge in [0.1, 0.15) is 12.4 Å². The van der Waals surface area contributed by atoms with E-state index in [1.807, 2.05) is 54.6 Å². The summed E-state index contributed by atoms with van der Waals surface area (Å²) in [5.74, 6) is -1.19. The molecule has 10 heteroatoms. The molecule has 4 rings (SSSR count). The summed E-state index contributed by atoms with van der Waals surface area (Å²) in [6.07, 6.45) is 1.79. The summed E-state index contributed by atoms with van der Waals surface area (Å²) in [7, 11) is 0. The van der Waals surface area contributed by atoms with Crippen molar-refractivity contribution in [2.75, 3.05) is 19.9 Å². The SMILES string of the molecule is CC(C)(C)C(=O)OCOC(=O)C=C1CCN(C(=O)c2ccc(-c3ccc(C(=N)NC(=O)OCc4ccccc4)cc3)cc2)CC1. The average Bonchev–Trinajstić information content (AvgIpc) is 3.04. The second kappa shape index (κ2) is 15.0. The molecule has 1 saturated heterocycles. The van der Waals surface area contributed by atoms with E-state index in [1.54, 1.807) is 49.9 Å². The van der Waals surface area contributed by atoms with Crippen LogP contribution in [-0.4, -0.2) is 54.6 Å². The summed E-state index contributed by atoms with van der Waals surface area (Å²) in [4.78, 5) is 50.8. The summed E-state index contributed by atoms with van der Waals surface area (Å²) in [6.45, 7) is 5.77. The number of hydrogen-bond donors (Lipinski definition) is 2. The monoisotopic (exact) mass is 611 g/mol. The first-order chi connectivity index (χ1) is 21.5. The minimum Gasteiger partial charge on any atom is -0.444 e. The van der Waals surface area contributed by atoms with Crippen LogP contribution in [-0.2, 0) is 30.4 Å². The van der Waals surface area contributed by atoms with Crippen LogP contribution in [0.3, 0.4) is 0 Å². The minimum absolute atomic E-state index is 0.0708. The summed E-state index contributed by atoms with van der Waals surface area (Å²) in [6, 6.07) is 23.7. The van der Waals surface area contributed by atoms with E-state index in [0.717, 1.165) is 22.3 Å². The average molecular weight is 612 g/mol. The minimum atomic E-state index is -0.701. The Morgan fingerprint density at radius 3 is 1.96 bits per heavy atom. The largest absolute Gasteiger partial charge is 0.444 e. The van der Waals surface area contributed by atoms with Crippen LogP contribution in [0.25, 0.3) is 11.1 Å².